The lowest BCUT2D eigenvalue weighted by molar-refractivity contribution is -0.116. The fraction of sp³-hybridized carbons (Fsp3) is 0.167. The molecule has 0 aliphatic carbocycles. The van der Waals surface area contributed by atoms with Gasteiger partial charge in [-0.15, -0.1) is 0 Å². The third kappa shape index (κ3) is 3.10. The molecule has 0 spiro atoms. The van der Waals surface area contributed by atoms with Gasteiger partial charge in [-0.05, 0) is 25.5 Å². The first-order chi connectivity index (χ1) is 13.0. The van der Waals surface area contributed by atoms with E-state index < -0.39 is 5.91 Å². The number of carbonyl (C=O) groups is 1. The number of hydrogen-bond acceptors (Lipinski definition) is 6. The minimum atomic E-state index is -0.405. The molecule has 1 amide bonds. The predicted octanol–water partition coefficient (Wildman–Crippen LogP) is 1.83. The third-order valence-electron chi connectivity index (χ3n) is 4.11. The number of amides is 1. The van der Waals surface area contributed by atoms with E-state index in [2.05, 4.69) is 20.6 Å². The highest BCUT2D eigenvalue weighted by molar-refractivity contribution is 5.89. The van der Waals surface area contributed by atoms with Gasteiger partial charge in [-0.3, -0.25) is 14.2 Å². The van der Waals surface area contributed by atoms with E-state index in [4.69, 9.17) is 4.52 Å². The molecule has 9 heteroatoms. The van der Waals surface area contributed by atoms with E-state index in [0.717, 1.165) is 11.3 Å². The second-order valence-electron chi connectivity index (χ2n) is 6.13. The van der Waals surface area contributed by atoms with E-state index in [1.54, 1.807) is 17.7 Å². The molecule has 0 fully saturated rings. The van der Waals surface area contributed by atoms with Crippen LogP contribution in [0.25, 0.3) is 16.7 Å². The highest BCUT2D eigenvalue weighted by Gasteiger charge is 2.14. The molecule has 136 valence electrons. The Bertz CT molecular complexity index is 1200. The summed E-state index contributed by atoms with van der Waals surface area (Å²) in [6, 6.07) is 9.28. The Morgan fingerprint density at radius 3 is 2.81 bits per heavy atom. The number of hydrogen-bond donors (Lipinski definition) is 1. The predicted molar refractivity (Wildman–Crippen MR) is 97.7 cm³/mol. The van der Waals surface area contributed by atoms with Gasteiger partial charge < -0.3 is 9.84 Å². The molecule has 1 N–H and O–H groups in total. The molecule has 3 aromatic heterocycles. The van der Waals surface area contributed by atoms with Crippen LogP contribution in [-0.4, -0.2) is 30.4 Å². The highest BCUT2D eigenvalue weighted by atomic mass is 16.5. The quantitative estimate of drug-likeness (QED) is 0.592. The zero-order chi connectivity index (χ0) is 19.0. The van der Waals surface area contributed by atoms with Crippen LogP contribution in [-0.2, 0) is 11.3 Å². The average Bonchev–Trinajstić information content (AvgIpc) is 3.24. The topological polar surface area (TPSA) is 108 Å². The number of benzene rings is 1. The Kier molecular flexibility index (Phi) is 4.03. The van der Waals surface area contributed by atoms with Gasteiger partial charge in [-0.1, -0.05) is 23.4 Å². The number of aromatic nitrogens is 5. The summed E-state index contributed by atoms with van der Waals surface area (Å²) in [6.07, 6.45) is 2.81. The minimum Gasteiger partial charge on any atom is -0.360 e. The number of para-hydroxylation sites is 1. The van der Waals surface area contributed by atoms with E-state index in [-0.39, 0.29) is 12.1 Å². The van der Waals surface area contributed by atoms with Crippen LogP contribution < -0.4 is 10.9 Å². The van der Waals surface area contributed by atoms with Gasteiger partial charge in [0.1, 0.15) is 24.0 Å². The van der Waals surface area contributed by atoms with Crippen LogP contribution >= 0.6 is 0 Å². The molecular formula is C18H16N6O3. The monoisotopic (exact) mass is 364 g/mol. The van der Waals surface area contributed by atoms with Crippen molar-refractivity contribution in [1.29, 1.82) is 0 Å². The fourth-order valence-corrected chi connectivity index (χ4v) is 2.80. The standard InChI is InChI=1S/C18H16N6O3/c1-11-5-3-4-6-14(11)24-17-13(8-20-24)18(26)23(10-19-17)9-16(25)21-15-7-12(2)27-22-15/h3-8,10H,9H2,1-2H3,(H,21,22,25). The number of aryl methyl sites for hydroxylation is 2. The van der Waals surface area contributed by atoms with Crippen molar-refractivity contribution in [2.24, 2.45) is 0 Å². The summed E-state index contributed by atoms with van der Waals surface area (Å²) >= 11 is 0. The smallest absolute Gasteiger partial charge is 0.264 e. The maximum Gasteiger partial charge on any atom is 0.264 e. The fourth-order valence-electron chi connectivity index (χ4n) is 2.80. The Balaban J connectivity index is 1.64. The summed E-state index contributed by atoms with van der Waals surface area (Å²) in [5.74, 6) is 0.471. The van der Waals surface area contributed by atoms with Gasteiger partial charge in [-0.2, -0.15) is 5.10 Å². The first-order valence-corrected chi connectivity index (χ1v) is 8.25. The van der Waals surface area contributed by atoms with Crippen molar-refractivity contribution in [2.45, 2.75) is 20.4 Å². The second kappa shape index (κ2) is 6.52. The summed E-state index contributed by atoms with van der Waals surface area (Å²) in [6.45, 7) is 3.49. The van der Waals surface area contributed by atoms with Crippen molar-refractivity contribution in [3.8, 4) is 5.69 Å². The summed E-state index contributed by atoms with van der Waals surface area (Å²) in [5, 5.41) is 10.9. The summed E-state index contributed by atoms with van der Waals surface area (Å²) in [4.78, 5) is 29.2. The maximum absolute atomic E-state index is 12.7. The van der Waals surface area contributed by atoms with Gasteiger partial charge in [0, 0.05) is 6.07 Å². The average molecular weight is 364 g/mol. The van der Waals surface area contributed by atoms with Crippen LogP contribution in [0.2, 0.25) is 0 Å². The first-order valence-electron chi connectivity index (χ1n) is 8.25. The van der Waals surface area contributed by atoms with Crippen molar-refractivity contribution < 1.29 is 9.32 Å². The zero-order valence-electron chi connectivity index (χ0n) is 14.7. The normalized spacial score (nSPS) is 11.0. The van der Waals surface area contributed by atoms with Gasteiger partial charge in [0.05, 0.1) is 11.9 Å². The second-order valence-corrected chi connectivity index (χ2v) is 6.13. The summed E-state index contributed by atoms with van der Waals surface area (Å²) < 4.78 is 7.75. The Morgan fingerprint density at radius 1 is 1.26 bits per heavy atom. The SMILES string of the molecule is Cc1cc(NC(=O)Cn2cnc3c(cnn3-c3ccccc3C)c2=O)no1. The molecule has 0 aliphatic heterocycles. The van der Waals surface area contributed by atoms with Gasteiger partial charge in [-0.25, -0.2) is 9.67 Å². The van der Waals surface area contributed by atoms with E-state index >= 15 is 0 Å². The number of carbonyl (C=O) groups excluding carboxylic acids is 1. The number of rotatable bonds is 4. The Morgan fingerprint density at radius 2 is 2.07 bits per heavy atom. The molecule has 0 atom stereocenters. The molecule has 0 radical (unpaired) electrons. The van der Waals surface area contributed by atoms with Crippen molar-refractivity contribution >= 4 is 22.8 Å². The molecule has 3 heterocycles. The molecule has 0 saturated carbocycles. The van der Waals surface area contributed by atoms with Crippen LogP contribution in [0.1, 0.15) is 11.3 Å². The molecule has 4 rings (SSSR count). The van der Waals surface area contributed by atoms with Crippen LogP contribution in [0.4, 0.5) is 5.82 Å². The van der Waals surface area contributed by atoms with Crippen LogP contribution in [0.3, 0.4) is 0 Å². The van der Waals surface area contributed by atoms with E-state index in [0.29, 0.717) is 22.6 Å². The van der Waals surface area contributed by atoms with E-state index in [1.165, 1.54) is 17.1 Å². The number of nitrogens with one attached hydrogen (secondary N) is 1. The van der Waals surface area contributed by atoms with Crippen LogP contribution in [0.15, 0.2) is 52.2 Å². The largest absolute Gasteiger partial charge is 0.360 e. The lowest BCUT2D eigenvalue weighted by atomic mass is 10.2. The number of anilines is 1. The van der Waals surface area contributed by atoms with Gasteiger partial charge in [0.2, 0.25) is 5.91 Å². The van der Waals surface area contributed by atoms with Crippen molar-refractivity contribution in [2.75, 3.05) is 5.32 Å². The van der Waals surface area contributed by atoms with Gasteiger partial charge >= 0.3 is 0 Å². The molecule has 1 aromatic carbocycles. The highest BCUT2D eigenvalue weighted by Crippen LogP contribution is 2.17. The van der Waals surface area contributed by atoms with Gasteiger partial charge in [0.25, 0.3) is 5.56 Å². The summed E-state index contributed by atoms with van der Waals surface area (Å²) in [7, 11) is 0. The van der Waals surface area contributed by atoms with E-state index in [1.807, 2.05) is 31.2 Å². The molecule has 0 saturated heterocycles. The lowest BCUT2D eigenvalue weighted by Crippen LogP contribution is -2.28. The molecule has 0 bridgehead atoms. The van der Waals surface area contributed by atoms with Gasteiger partial charge in [0.15, 0.2) is 11.5 Å². The number of fused-ring (bicyclic) bond motifs is 1. The Hall–Kier alpha value is -3.75. The summed E-state index contributed by atoms with van der Waals surface area (Å²) in [5.41, 5.74) is 1.96. The molecule has 9 nitrogen and oxygen atoms in total. The first kappa shape index (κ1) is 16.7. The lowest BCUT2D eigenvalue weighted by Gasteiger charge is -2.07. The van der Waals surface area contributed by atoms with Crippen molar-refractivity contribution in [3.63, 3.8) is 0 Å². The minimum absolute atomic E-state index is 0.191. The van der Waals surface area contributed by atoms with Crippen molar-refractivity contribution in [3.05, 3.63) is 64.5 Å². The number of nitrogens with zero attached hydrogens (tertiary/aromatic N) is 5. The molecule has 0 aliphatic rings. The molecule has 0 unspecified atom stereocenters. The molecule has 4 aromatic rings. The van der Waals surface area contributed by atoms with E-state index in [9.17, 15) is 9.59 Å². The molecular weight excluding hydrogens is 348 g/mol. The molecule has 27 heavy (non-hydrogen) atoms. The van der Waals surface area contributed by atoms with Crippen LogP contribution in [0, 0.1) is 13.8 Å². The Labute approximate surface area is 153 Å². The van der Waals surface area contributed by atoms with Crippen molar-refractivity contribution in [1.82, 2.24) is 24.5 Å². The zero-order valence-corrected chi connectivity index (χ0v) is 14.7. The third-order valence-corrected chi connectivity index (χ3v) is 4.11. The maximum atomic E-state index is 12.7. The van der Waals surface area contributed by atoms with Crippen LogP contribution in [0.5, 0.6) is 0 Å².